The minimum atomic E-state index is -4.43. The Kier molecular flexibility index (Phi) is 12.4. The van der Waals surface area contributed by atoms with E-state index in [-0.39, 0.29) is 76.5 Å². The largest absolute Gasteiger partial charge is 0.460 e. The van der Waals surface area contributed by atoms with Gasteiger partial charge in [-0.2, -0.15) is 8.61 Å². The number of ether oxygens (including phenoxy) is 1. The number of nitro groups is 2. The van der Waals surface area contributed by atoms with Crippen molar-refractivity contribution in [3.63, 3.8) is 0 Å². The van der Waals surface area contributed by atoms with Gasteiger partial charge in [0.25, 0.3) is 11.4 Å². The molecule has 18 heteroatoms. The summed E-state index contributed by atoms with van der Waals surface area (Å²) in [5, 5.41) is 23.6. The third-order valence-electron chi connectivity index (χ3n) is 7.72. The smallest absolute Gasteiger partial charge is 0.307 e. The maximum atomic E-state index is 14.0. The first-order valence-electron chi connectivity index (χ1n) is 15.9. The molecule has 2 heterocycles. The molecule has 2 bridgehead atoms. The van der Waals surface area contributed by atoms with Crippen LogP contribution in [0.5, 0.6) is 0 Å². The first-order valence-corrected chi connectivity index (χ1v) is 18.7. The molecule has 0 unspecified atom stereocenters. The van der Waals surface area contributed by atoms with E-state index in [1.54, 1.807) is 39.0 Å². The zero-order valence-corrected chi connectivity index (χ0v) is 29.6. The molecule has 0 radical (unpaired) electrons. The van der Waals surface area contributed by atoms with E-state index in [1.165, 1.54) is 36.4 Å². The molecule has 50 heavy (non-hydrogen) atoms. The Bertz CT molecular complexity index is 1810. The van der Waals surface area contributed by atoms with Gasteiger partial charge in [0, 0.05) is 31.8 Å². The summed E-state index contributed by atoms with van der Waals surface area (Å²) >= 11 is 0. The van der Waals surface area contributed by atoms with E-state index >= 15 is 0 Å². The van der Waals surface area contributed by atoms with Crippen LogP contribution in [0, 0.1) is 20.2 Å². The van der Waals surface area contributed by atoms with Gasteiger partial charge in [-0.1, -0.05) is 30.3 Å². The average Bonchev–Trinajstić information content (AvgIpc) is 3.05. The van der Waals surface area contributed by atoms with Gasteiger partial charge in [-0.15, -0.1) is 0 Å². The normalized spacial score (nSPS) is 16.3. The zero-order valence-electron chi connectivity index (χ0n) is 28.0. The first kappa shape index (κ1) is 38.4. The predicted octanol–water partition coefficient (Wildman–Crippen LogP) is 4.11. The maximum Gasteiger partial charge on any atom is 0.307 e. The van der Waals surface area contributed by atoms with E-state index in [4.69, 9.17) is 4.74 Å². The molecule has 1 aliphatic rings. The molecule has 0 saturated heterocycles. The molecule has 0 fully saturated rings. The first-order chi connectivity index (χ1) is 23.5. The van der Waals surface area contributed by atoms with E-state index in [0.717, 1.165) is 20.7 Å². The fraction of sp³-hybridized carbons (Fsp3) is 0.438. The number of benzene rings is 2. The summed E-state index contributed by atoms with van der Waals surface area (Å²) in [4.78, 5) is 40.1. The van der Waals surface area contributed by atoms with Crippen LogP contribution in [-0.2, 0) is 42.7 Å². The predicted molar refractivity (Wildman–Crippen MR) is 182 cm³/mol. The Hall–Kier alpha value is -4.36. The Labute approximate surface area is 291 Å². The van der Waals surface area contributed by atoms with Crippen LogP contribution in [0.25, 0.3) is 0 Å². The Morgan fingerprint density at radius 2 is 1.18 bits per heavy atom. The van der Waals surface area contributed by atoms with Gasteiger partial charge in [0.15, 0.2) is 9.79 Å². The van der Waals surface area contributed by atoms with Crippen molar-refractivity contribution in [3.8, 4) is 0 Å². The van der Waals surface area contributed by atoms with E-state index in [0.29, 0.717) is 0 Å². The van der Waals surface area contributed by atoms with Crippen molar-refractivity contribution in [2.75, 3.05) is 32.7 Å². The van der Waals surface area contributed by atoms with Crippen LogP contribution >= 0.6 is 0 Å². The summed E-state index contributed by atoms with van der Waals surface area (Å²) < 4.78 is 63.6. The van der Waals surface area contributed by atoms with Gasteiger partial charge in [-0.05, 0) is 71.0 Å². The van der Waals surface area contributed by atoms with Crippen molar-refractivity contribution in [1.82, 2.24) is 18.5 Å². The van der Waals surface area contributed by atoms with Gasteiger partial charge in [-0.3, -0.25) is 30.0 Å². The number of pyridine rings is 1. The molecule has 4 rings (SSSR count). The topological polar surface area (TPSA) is 203 Å². The quantitative estimate of drug-likeness (QED) is 0.173. The molecule has 0 spiro atoms. The SMILES string of the molecule is CC(C)(C)OC(=O)CCN1CCCN(S(=O)(=O)c2ccccc2[N+](=O)[O-])Cc2cccc(n2)CN(S(=O)(=O)c2ccccc2[N+](=O)[O-])CCC1. The Morgan fingerprint density at radius 3 is 1.60 bits per heavy atom. The number of nitrogens with zero attached hydrogens (tertiary/aromatic N) is 6. The number of hydrogen-bond donors (Lipinski definition) is 0. The summed E-state index contributed by atoms with van der Waals surface area (Å²) in [6.45, 7) is 5.39. The van der Waals surface area contributed by atoms with Crippen molar-refractivity contribution >= 4 is 37.4 Å². The number of carbonyl (C=O) groups is 1. The molecule has 16 nitrogen and oxygen atoms in total. The van der Waals surface area contributed by atoms with Crippen LogP contribution < -0.4 is 0 Å². The highest BCUT2D eigenvalue weighted by Gasteiger charge is 2.34. The Morgan fingerprint density at radius 1 is 0.740 bits per heavy atom. The number of rotatable bonds is 9. The van der Waals surface area contributed by atoms with Crippen LogP contribution in [0.4, 0.5) is 11.4 Å². The van der Waals surface area contributed by atoms with Gasteiger partial charge in [0.1, 0.15) is 5.60 Å². The van der Waals surface area contributed by atoms with E-state index in [1.807, 2.05) is 4.90 Å². The molecule has 1 aliphatic heterocycles. The molecule has 0 saturated carbocycles. The summed E-state index contributed by atoms with van der Waals surface area (Å²) in [5.41, 5.74) is -1.35. The van der Waals surface area contributed by atoms with Gasteiger partial charge in [-0.25, -0.2) is 16.8 Å². The lowest BCUT2D eigenvalue weighted by molar-refractivity contribution is -0.388. The average molecular weight is 733 g/mol. The number of fused-ring (bicyclic) bond motifs is 2. The molecular formula is C32H40N6O10S2. The van der Waals surface area contributed by atoms with Crippen LogP contribution in [0.3, 0.4) is 0 Å². The van der Waals surface area contributed by atoms with Crippen LogP contribution in [0.15, 0.2) is 76.5 Å². The van der Waals surface area contributed by atoms with E-state index < -0.39 is 62.6 Å². The van der Waals surface area contributed by atoms with Crippen LogP contribution in [0.1, 0.15) is 51.4 Å². The molecule has 0 atom stereocenters. The maximum absolute atomic E-state index is 14.0. The van der Waals surface area contributed by atoms with E-state index in [9.17, 15) is 41.9 Å². The number of nitro benzene ring substituents is 2. The second-order valence-corrected chi connectivity index (χ2v) is 16.4. The third kappa shape index (κ3) is 9.87. The highest BCUT2D eigenvalue weighted by atomic mass is 32.2. The summed E-state index contributed by atoms with van der Waals surface area (Å²) in [5.74, 6) is -0.442. The minimum absolute atomic E-state index is 0.0161. The van der Waals surface area contributed by atoms with Crippen molar-refractivity contribution in [2.24, 2.45) is 0 Å². The summed E-state index contributed by atoms with van der Waals surface area (Å²) in [7, 11) is -8.86. The summed E-state index contributed by atoms with van der Waals surface area (Å²) in [6.07, 6.45) is 0.528. The van der Waals surface area contributed by atoms with E-state index in [2.05, 4.69) is 4.98 Å². The minimum Gasteiger partial charge on any atom is -0.460 e. The lowest BCUT2D eigenvalue weighted by Gasteiger charge is -2.28. The highest BCUT2D eigenvalue weighted by molar-refractivity contribution is 7.89. The molecule has 0 N–H and O–H groups in total. The van der Waals surface area contributed by atoms with Crippen LogP contribution in [-0.4, -0.2) is 89.5 Å². The van der Waals surface area contributed by atoms with Crippen molar-refractivity contribution in [1.29, 1.82) is 0 Å². The fourth-order valence-corrected chi connectivity index (χ4v) is 8.70. The van der Waals surface area contributed by atoms with Gasteiger partial charge in [0.2, 0.25) is 20.0 Å². The third-order valence-corrected chi connectivity index (χ3v) is 11.5. The monoisotopic (exact) mass is 732 g/mol. The number of carbonyl (C=O) groups excluding carboxylic acids is 1. The zero-order chi connectivity index (χ0) is 36.7. The summed E-state index contributed by atoms with van der Waals surface area (Å²) in [6, 6.07) is 14.8. The van der Waals surface area contributed by atoms with Gasteiger partial charge >= 0.3 is 5.97 Å². The molecule has 1 aromatic heterocycles. The lowest BCUT2D eigenvalue weighted by atomic mass is 10.2. The molecule has 0 aliphatic carbocycles. The molecule has 2 aromatic carbocycles. The standard InChI is InChI=1S/C32H40N6O10S2/c1-32(2,3)48-31(39)17-22-34-18-9-20-35(49(44,45)29-15-6-4-13-27(29)37(40)41)23-25-11-8-12-26(33-25)24-36(21-10-19-34)50(46,47)30-16-7-5-14-28(30)38(42)43/h4-8,11-16H,9-10,17-24H2,1-3H3. The molecular weight excluding hydrogens is 693 g/mol. The molecule has 270 valence electrons. The van der Waals surface area contributed by atoms with Gasteiger partial charge < -0.3 is 9.64 Å². The number of esters is 1. The number of sulfonamides is 2. The highest BCUT2D eigenvalue weighted by Crippen LogP contribution is 2.29. The molecule has 3 aromatic rings. The van der Waals surface area contributed by atoms with Crippen LogP contribution in [0.2, 0.25) is 0 Å². The van der Waals surface area contributed by atoms with Crippen molar-refractivity contribution in [3.05, 3.63) is 98.3 Å². The fourth-order valence-electron chi connectivity index (χ4n) is 5.48. The number of para-hydroxylation sites is 2. The second-order valence-electron chi connectivity index (χ2n) is 12.6. The van der Waals surface area contributed by atoms with Crippen molar-refractivity contribution < 1.29 is 36.2 Å². The van der Waals surface area contributed by atoms with Crippen molar-refractivity contribution in [2.45, 2.75) is 68.5 Å². The molecule has 0 amide bonds. The Balaban J connectivity index is 1.74. The lowest BCUT2D eigenvalue weighted by Crippen LogP contribution is -2.38. The van der Waals surface area contributed by atoms with Gasteiger partial charge in [0.05, 0.1) is 40.7 Å². The number of hydrogen-bond acceptors (Lipinski definition) is 12. The second kappa shape index (κ2) is 16.1. The number of aromatic nitrogens is 1.